The van der Waals surface area contributed by atoms with Crippen molar-refractivity contribution in [3.63, 3.8) is 0 Å². The summed E-state index contributed by atoms with van der Waals surface area (Å²) in [5.74, 6) is -1.08. The molecule has 0 aromatic heterocycles. The van der Waals surface area contributed by atoms with Gasteiger partial charge in [0.1, 0.15) is 0 Å². The number of likely N-dealkylation sites (N-methyl/N-ethyl adjacent to an activating group) is 1. The van der Waals surface area contributed by atoms with Crippen molar-refractivity contribution in [3.05, 3.63) is 65.2 Å². The maximum atomic E-state index is 12.4. The van der Waals surface area contributed by atoms with Crippen molar-refractivity contribution in [2.45, 2.75) is 24.8 Å². The van der Waals surface area contributed by atoms with Gasteiger partial charge in [0.05, 0.1) is 16.5 Å². The molecule has 27 heavy (non-hydrogen) atoms. The Kier molecular flexibility index (Phi) is 6.38. The monoisotopic (exact) mass is 389 g/mol. The summed E-state index contributed by atoms with van der Waals surface area (Å²) in [6.07, 6.45) is 1.07. The van der Waals surface area contributed by atoms with Crippen LogP contribution in [-0.2, 0) is 19.4 Å². The van der Waals surface area contributed by atoms with Crippen LogP contribution < -0.4 is 0 Å². The number of carbonyl (C=O) groups excluding carboxylic acids is 2. The van der Waals surface area contributed by atoms with Gasteiger partial charge >= 0.3 is 5.97 Å². The SMILES string of the molecule is Cc1ccc(S(C)(=O)=O)cc1C(=O)OCC(=O)N(C)[C@@H](C)c1ccccc1. The summed E-state index contributed by atoms with van der Waals surface area (Å²) in [5, 5.41) is 0. The van der Waals surface area contributed by atoms with Gasteiger partial charge in [0.25, 0.3) is 5.91 Å². The van der Waals surface area contributed by atoms with Gasteiger partial charge < -0.3 is 9.64 Å². The summed E-state index contributed by atoms with van der Waals surface area (Å²) in [4.78, 5) is 26.2. The lowest BCUT2D eigenvalue weighted by Gasteiger charge is -2.25. The highest BCUT2D eigenvalue weighted by molar-refractivity contribution is 7.90. The van der Waals surface area contributed by atoms with Crippen LogP contribution in [0.3, 0.4) is 0 Å². The Morgan fingerprint density at radius 1 is 1.11 bits per heavy atom. The Morgan fingerprint density at radius 3 is 2.33 bits per heavy atom. The molecule has 0 saturated carbocycles. The fourth-order valence-corrected chi connectivity index (χ4v) is 3.18. The molecule has 0 aliphatic carbocycles. The van der Waals surface area contributed by atoms with E-state index in [1.807, 2.05) is 37.3 Å². The van der Waals surface area contributed by atoms with E-state index in [4.69, 9.17) is 4.74 Å². The molecule has 0 aliphatic heterocycles. The number of benzene rings is 2. The van der Waals surface area contributed by atoms with E-state index >= 15 is 0 Å². The number of sulfone groups is 1. The minimum atomic E-state index is -3.45. The number of hydrogen-bond donors (Lipinski definition) is 0. The summed E-state index contributed by atoms with van der Waals surface area (Å²) >= 11 is 0. The molecule has 1 amide bonds. The molecule has 6 nitrogen and oxygen atoms in total. The predicted molar refractivity (Wildman–Crippen MR) is 102 cm³/mol. The van der Waals surface area contributed by atoms with Crippen LogP contribution in [0.4, 0.5) is 0 Å². The summed E-state index contributed by atoms with van der Waals surface area (Å²) in [5.41, 5.74) is 1.67. The van der Waals surface area contributed by atoms with E-state index in [1.165, 1.54) is 17.0 Å². The highest BCUT2D eigenvalue weighted by Crippen LogP contribution is 2.19. The van der Waals surface area contributed by atoms with Crippen molar-refractivity contribution >= 4 is 21.7 Å². The molecule has 0 heterocycles. The zero-order chi connectivity index (χ0) is 20.2. The maximum Gasteiger partial charge on any atom is 0.338 e. The fourth-order valence-electron chi connectivity index (χ4n) is 2.53. The number of esters is 1. The van der Waals surface area contributed by atoms with E-state index in [0.717, 1.165) is 11.8 Å². The number of amides is 1. The summed E-state index contributed by atoms with van der Waals surface area (Å²) in [7, 11) is -1.80. The van der Waals surface area contributed by atoms with Crippen molar-refractivity contribution < 1.29 is 22.7 Å². The summed E-state index contributed by atoms with van der Waals surface area (Å²) < 4.78 is 28.5. The Hall–Kier alpha value is -2.67. The van der Waals surface area contributed by atoms with Crippen LogP contribution in [-0.4, -0.2) is 45.1 Å². The summed E-state index contributed by atoms with van der Waals surface area (Å²) in [6.45, 7) is 3.14. The predicted octanol–water partition coefficient (Wildman–Crippen LogP) is 2.77. The molecule has 144 valence electrons. The Bertz CT molecular complexity index is 938. The highest BCUT2D eigenvalue weighted by Gasteiger charge is 2.20. The smallest absolute Gasteiger partial charge is 0.338 e. The lowest BCUT2D eigenvalue weighted by atomic mass is 10.1. The zero-order valence-electron chi connectivity index (χ0n) is 15.8. The van der Waals surface area contributed by atoms with Crippen molar-refractivity contribution in [1.82, 2.24) is 4.90 Å². The van der Waals surface area contributed by atoms with Gasteiger partial charge in [-0.05, 0) is 37.1 Å². The number of carbonyl (C=O) groups is 2. The second-order valence-electron chi connectivity index (χ2n) is 6.42. The number of ether oxygens (including phenoxy) is 1. The summed E-state index contributed by atoms with van der Waals surface area (Å²) in [6, 6.07) is 13.6. The van der Waals surface area contributed by atoms with Gasteiger partial charge in [-0.1, -0.05) is 36.4 Å². The molecule has 0 spiro atoms. The molecule has 0 bridgehead atoms. The van der Waals surface area contributed by atoms with Crippen LogP contribution in [0.1, 0.15) is 34.5 Å². The Labute approximate surface area is 159 Å². The van der Waals surface area contributed by atoms with Crippen LogP contribution in [0.15, 0.2) is 53.4 Å². The van der Waals surface area contributed by atoms with Gasteiger partial charge in [-0.3, -0.25) is 4.79 Å². The largest absolute Gasteiger partial charge is 0.452 e. The first-order valence-corrected chi connectivity index (χ1v) is 10.3. The Balaban J connectivity index is 2.06. The zero-order valence-corrected chi connectivity index (χ0v) is 16.6. The maximum absolute atomic E-state index is 12.4. The molecule has 2 aromatic rings. The molecule has 0 N–H and O–H groups in total. The quantitative estimate of drug-likeness (QED) is 0.710. The lowest BCUT2D eigenvalue weighted by molar-refractivity contribution is -0.135. The van der Waals surface area contributed by atoms with E-state index in [0.29, 0.717) is 5.56 Å². The fraction of sp³-hybridized carbons (Fsp3) is 0.300. The molecule has 0 radical (unpaired) electrons. The van der Waals surface area contributed by atoms with Crippen molar-refractivity contribution in [1.29, 1.82) is 0 Å². The van der Waals surface area contributed by atoms with Gasteiger partial charge in [0, 0.05) is 13.3 Å². The van der Waals surface area contributed by atoms with E-state index in [-0.39, 0.29) is 22.4 Å². The van der Waals surface area contributed by atoms with Crippen LogP contribution in [0, 0.1) is 6.92 Å². The van der Waals surface area contributed by atoms with Gasteiger partial charge in [-0.25, -0.2) is 13.2 Å². The minimum Gasteiger partial charge on any atom is -0.452 e. The van der Waals surface area contributed by atoms with E-state index in [2.05, 4.69) is 0 Å². The van der Waals surface area contributed by atoms with E-state index in [9.17, 15) is 18.0 Å². The third-order valence-electron chi connectivity index (χ3n) is 4.44. The van der Waals surface area contributed by atoms with E-state index < -0.39 is 22.4 Å². The standard InChI is InChI=1S/C20H23NO5S/c1-14-10-11-17(27(4,24)25)12-18(14)20(23)26-13-19(22)21(3)15(2)16-8-6-5-7-9-16/h5-12,15H,13H2,1-4H3/t15-/m0/s1. The molecule has 0 saturated heterocycles. The number of hydrogen-bond acceptors (Lipinski definition) is 5. The third kappa shape index (κ3) is 5.17. The molecule has 2 rings (SSSR count). The van der Waals surface area contributed by atoms with Gasteiger partial charge in [0.2, 0.25) is 0 Å². The molecular formula is C20H23NO5S. The first-order chi connectivity index (χ1) is 12.6. The molecule has 0 fully saturated rings. The third-order valence-corrected chi connectivity index (χ3v) is 5.55. The average molecular weight is 389 g/mol. The highest BCUT2D eigenvalue weighted by atomic mass is 32.2. The van der Waals surface area contributed by atoms with Crippen molar-refractivity contribution in [2.75, 3.05) is 19.9 Å². The molecular weight excluding hydrogens is 366 g/mol. The van der Waals surface area contributed by atoms with E-state index in [1.54, 1.807) is 20.0 Å². The lowest BCUT2D eigenvalue weighted by Crippen LogP contribution is -2.33. The molecule has 1 atom stereocenters. The van der Waals surface area contributed by atoms with Crippen LogP contribution >= 0.6 is 0 Å². The topological polar surface area (TPSA) is 80.7 Å². The first kappa shape index (κ1) is 20.6. The van der Waals surface area contributed by atoms with Gasteiger partial charge in [-0.2, -0.15) is 0 Å². The first-order valence-electron chi connectivity index (χ1n) is 8.39. The second kappa shape index (κ2) is 8.35. The number of rotatable bonds is 6. The average Bonchev–Trinajstić information content (AvgIpc) is 2.64. The van der Waals surface area contributed by atoms with Crippen LogP contribution in [0.5, 0.6) is 0 Å². The van der Waals surface area contributed by atoms with Gasteiger partial charge in [0.15, 0.2) is 16.4 Å². The number of aryl methyl sites for hydroxylation is 1. The molecule has 7 heteroatoms. The molecule has 0 aliphatic rings. The molecule has 0 unspecified atom stereocenters. The van der Waals surface area contributed by atoms with Crippen molar-refractivity contribution in [3.8, 4) is 0 Å². The Morgan fingerprint density at radius 2 is 1.74 bits per heavy atom. The minimum absolute atomic E-state index is 0.0289. The normalized spacial score (nSPS) is 12.3. The molecule has 2 aromatic carbocycles. The second-order valence-corrected chi connectivity index (χ2v) is 8.43. The van der Waals surface area contributed by atoms with Crippen LogP contribution in [0.25, 0.3) is 0 Å². The number of nitrogens with zero attached hydrogens (tertiary/aromatic N) is 1. The van der Waals surface area contributed by atoms with Crippen LogP contribution in [0.2, 0.25) is 0 Å². The van der Waals surface area contributed by atoms with Crippen molar-refractivity contribution in [2.24, 2.45) is 0 Å². The van der Waals surface area contributed by atoms with Gasteiger partial charge in [-0.15, -0.1) is 0 Å².